The van der Waals surface area contributed by atoms with Crippen LogP contribution in [0.25, 0.3) is 0 Å². The zero-order valence-electron chi connectivity index (χ0n) is 21.7. The molecule has 3 atom stereocenters. The number of nitrogens with one attached hydrogen (secondary N) is 3. The fraction of sp³-hybridized carbons (Fsp3) is 0.760. The van der Waals surface area contributed by atoms with Crippen LogP contribution in [0.2, 0.25) is 0 Å². The lowest BCUT2D eigenvalue weighted by atomic mass is 9.90. The largest absolute Gasteiger partial charge is 0.468 e. The number of nitrogens with zero attached hydrogens (tertiary/aromatic N) is 1. The maximum atomic E-state index is 13.5. The first-order chi connectivity index (χ1) is 16.5. The Balaban J connectivity index is 2.19. The number of hydrogen-bond donors (Lipinski definition) is 3. The van der Waals surface area contributed by atoms with Crippen molar-refractivity contribution in [2.75, 3.05) is 26.9 Å². The SMILES string of the molecule is C=CC(C)(C)C(=O)N[C@H](C(=O)N[C@@H](CC1CCOCC1)C(=O)N1CCC[C@@H](C(=O)OC)N1)C(C)C. The average Bonchev–Trinajstić information content (AvgIpc) is 2.86. The Morgan fingerprint density at radius 1 is 1.17 bits per heavy atom. The van der Waals surface area contributed by atoms with Crippen molar-refractivity contribution in [1.29, 1.82) is 0 Å². The van der Waals surface area contributed by atoms with E-state index in [1.807, 2.05) is 13.8 Å². The summed E-state index contributed by atoms with van der Waals surface area (Å²) < 4.78 is 10.3. The van der Waals surface area contributed by atoms with Crippen LogP contribution in [0.1, 0.15) is 59.8 Å². The van der Waals surface area contributed by atoms with E-state index in [4.69, 9.17) is 9.47 Å². The molecule has 0 saturated carbocycles. The first kappa shape index (κ1) is 28.8. The number of esters is 1. The smallest absolute Gasteiger partial charge is 0.324 e. The minimum atomic E-state index is -0.842. The second kappa shape index (κ2) is 13.0. The standard InChI is InChI=1S/C25H42N4O6/c1-7-25(4,5)24(33)27-20(16(2)3)21(30)26-19(15-17-10-13-35-14-11-17)22(31)29-12-8-9-18(28-29)23(32)34-6/h7,16-20,28H,1,8-15H2,2-6H3,(H,26,30)(H,27,33)/t18-,19-,20-/m0/s1. The molecular weight excluding hydrogens is 452 g/mol. The Morgan fingerprint density at radius 2 is 1.83 bits per heavy atom. The summed E-state index contributed by atoms with van der Waals surface area (Å²) in [5.41, 5.74) is 2.12. The Labute approximate surface area is 208 Å². The van der Waals surface area contributed by atoms with Gasteiger partial charge < -0.3 is 20.1 Å². The molecule has 0 aliphatic carbocycles. The van der Waals surface area contributed by atoms with Gasteiger partial charge in [-0.05, 0) is 57.8 Å². The molecule has 0 aromatic rings. The van der Waals surface area contributed by atoms with Crippen molar-refractivity contribution in [3.63, 3.8) is 0 Å². The van der Waals surface area contributed by atoms with E-state index in [1.54, 1.807) is 13.8 Å². The maximum Gasteiger partial charge on any atom is 0.324 e. The van der Waals surface area contributed by atoms with E-state index in [1.165, 1.54) is 18.2 Å². The number of carbonyl (C=O) groups is 4. The summed E-state index contributed by atoms with van der Waals surface area (Å²) in [7, 11) is 1.31. The lowest BCUT2D eigenvalue weighted by Gasteiger charge is -2.36. The lowest BCUT2D eigenvalue weighted by Crippen LogP contribution is -2.62. The van der Waals surface area contributed by atoms with Gasteiger partial charge in [-0.25, -0.2) is 5.43 Å². The third-order valence-corrected chi connectivity index (χ3v) is 6.79. The Kier molecular flexibility index (Phi) is 10.7. The number of methoxy groups -OCH3 is 1. The highest BCUT2D eigenvalue weighted by Gasteiger charge is 2.37. The number of hydrogen-bond acceptors (Lipinski definition) is 7. The van der Waals surface area contributed by atoms with Crippen molar-refractivity contribution in [3.05, 3.63) is 12.7 Å². The molecule has 2 aliphatic rings. The Bertz CT molecular complexity index is 778. The van der Waals surface area contributed by atoms with Gasteiger partial charge in [0.2, 0.25) is 11.8 Å². The zero-order valence-corrected chi connectivity index (χ0v) is 21.7. The molecule has 3 N–H and O–H groups in total. The molecule has 2 heterocycles. The maximum absolute atomic E-state index is 13.5. The summed E-state index contributed by atoms with van der Waals surface area (Å²) >= 11 is 0. The summed E-state index contributed by atoms with van der Waals surface area (Å²) in [4.78, 5) is 51.6. The first-order valence-corrected chi connectivity index (χ1v) is 12.5. The molecule has 2 fully saturated rings. The van der Waals surface area contributed by atoms with Crippen LogP contribution in [-0.2, 0) is 28.7 Å². The molecule has 0 unspecified atom stereocenters. The third-order valence-electron chi connectivity index (χ3n) is 6.79. The van der Waals surface area contributed by atoms with E-state index in [0.29, 0.717) is 39.0 Å². The molecule has 0 bridgehead atoms. The van der Waals surface area contributed by atoms with Crippen molar-refractivity contribution < 1.29 is 28.7 Å². The number of rotatable bonds is 10. The van der Waals surface area contributed by atoms with E-state index in [9.17, 15) is 19.2 Å². The van der Waals surface area contributed by atoms with E-state index >= 15 is 0 Å². The van der Waals surface area contributed by atoms with Crippen molar-refractivity contribution >= 4 is 23.7 Å². The normalized spacial score (nSPS) is 21.1. The van der Waals surface area contributed by atoms with Crippen molar-refractivity contribution in [3.8, 4) is 0 Å². The fourth-order valence-electron chi connectivity index (χ4n) is 4.20. The first-order valence-electron chi connectivity index (χ1n) is 12.5. The fourth-order valence-corrected chi connectivity index (χ4v) is 4.20. The number of ether oxygens (including phenoxy) is 2. The number of carbonyl (C=O) groups excluding carboxylic acids is 4. The quantitative estimate of drug-likeness (QED) is 0.309. The molecular formula is C25H42N4O6. The van der Waals surface area contributed by atoms with E-state index in [2.05, 4.69) is 22.6 Å². The molecule has 0 radical (unpaired) electrons. The van der Waals surface area contributed by atoms with Crippen LogP contribution in [0.15, 0.2) is 12.7 Å². The molecule has 2 rings (SSSR count). The molecule has 198 valence electrons. The van der Waals surface area contributed by atoms with Crippen LogP contribution < -0.4 is 16.1 Å². The topological polar surface area (TPSA) is 126 Å². The second-order valence-electron chi connectivity index (χ2n) is 10.3. The van der Waals surface area contributed by atoms with Gasteiger partial charge in [-0.2, -0.15) is 0 Å². The molecule has 10 nitrogen and oxygen atoms in total. The molecule has 0 aromatic heterocycles. The minimum absolute atomic E-state index is 0.199. The van der Waals surface area contributed by atoms with Crippen LogP contribution in [0.5, 0.6) is 0 Å². The molecule has 10 heteroatoms. The molecule has 2 saturated heterocycles. The molecule has 0 spiro atoms. The number of hydrazine groups is 1. The second-order valence-corrected chi connectivity index (χ2v) is 10.3. The minimum Gasteiger partial charge on any atom is -0.468 e. The van der Waals surface area contributed by atoms with Gasteiger partial charge in [0, 0.05) is 19.8 Å². The van der Waals surface area contributed by atoms with E-state index < -0.39 is 35.4 Å². The van der Waals surface area contributed by atoms with Crippen LogP contribution in [0, 0.1) is 17.3 Å². The highest BCUT2D eigenvalue weighted by molar-refractivity contribution is 5.93. The van der Waals surface area contributed by atoms with Crippen molar-refractivity contribution in [2.45, 2.75) is 77.9 Å². The summed E-state index contributed by atoms with van der Waals surface area (Å²) in [6.07, 6.45) is 4.79. The number of amides is 3. The average molecular weight is 495 g/mol. The lowest BCUT2D eigenvalue weighted by molar-refractivity contribution is -0.151. The van der Waals surface area contributed by atoms with Gasteiger partial charge >= 0.3 is 5.97 Å². The van der Waals surface area contributed by atoms with Gasteiger partial charge in [0.05, 0.1) is 12.5 Å². The predicted octanol–water partition coefficient (Wildman–Crippen LogP) is 1.31. The molecule has 3 amide bonds. The van der Waals surface area contributed by atoms with Gasteiger partial charge in [0.1, 0.15) is 18.1 Å². The molecule has 35 heavy (non-hydrogen) atoms. The summed E-state index contributed by atoms with van der Waals surface area (Å²) in [5.74, 6) is -1.45. The third kappa shape index (κ3) is 8.03. The summed E-state index contributed by atoms with van der Waals surface area (Å²) in [6.45, 7) is 12.5. The van der Waals surface area contributed by atoms with Gasteiger partial charge in [-0.15, -0.1) is 6.58 Å². The van der Waals surface area contributed by atoms with Gasteiger partial charge in [-0.1, -0.05) is 19.9 Å². The summed E-state index contributed by atoms with van der Waals surface area (Å²) in [6, 6.07) is -2.23. The van der Waals surface area contributed by atoms with E-state index in [-0.39, 0.29) is 23.7 Å². The van der Waals surface area contributed by atoms with Gasteiger partial charge in [0.25, 0.3) is 5.91 Å². The van der Waals surface area contributed by atoms with Crippen LogP contribution in [0.3, 0.4) is 0 Å². The predicted molar refractivity (Wildman–Crippen MR) is 131 cm³/mol. The molecule has 2 aliphatic heterocycles. The Hall–Kier alpha value is -2.46. The highest BCUT2D eigenvalue weighted by Crippen LogP contribution is 2.22. The highest BCUT2D eigenvalue weighted by atomic mass is 16.5. The monoisotopic (exact) mass is 494 g/mol. The molecule has 0 aromatic carbocycles. The van der Waals surface area contributed by atoms with E-state index in [0.717, 1.165) is 12.8 Å². The van der Waals surface area contributed by atoms with Crippen molar-refractivity contribution in [2.24, 2.45) is 17.3 Å². The van der Waals surface area contributed by atoms with Crippen LogP contribution in [0.4, 0.5) is 0 Å². The van der Waals surface area contributed by atoms with Crippen LogP contribution >= 0.6 is 0 Å². The van der Waals surface area contributed by atoms with Crippen LogP contribution in [-0.4, -0.2) is 73.7 Å². The van der Waals surface area contributed by atoms with Gasteiger partial charge in [-0.3, -0.25) is 24.2 Å². The van der Waals surface area contributed by atoms with Crippen molar-refractivity contribution in [1.82, 2.24) is 21.1 Å². The zero-order chi connectivity index (χ0) is 26.2. The van der Waals surface area contributed by atoms with Gasteiger partial charge in [0.15, 0.2) is 0 Å². The summed E-state index contributed by atoms with van der Waals surface area (Å²) in [5, 5.41) is 7.14. The Morgan fingerprint density at radius 3 is 2.40 bits per heavy atom.